The minimum atomic E-state index is -0.761. The number of aromatic hydroxyl groups is 1. The Bertz CT molecular complexity index is 506. The van der Waals surface area contributed by atoms with Crippen molar-refractivity contribution in [1.29, 1.82) is 0 Å². The minimum Gasteiger partial charge on any atom is -0.508 e. The lowest BCUT2D eigenvalue weighted by Gasteiger charge is -2.37. The number of nitrogens with zero attached hydrogens (tertiary/aromatic N) is 1. The number of likely N-dealkylation sites (tertiary alicyclic amines) is 1. The highest BCUT2D eigenvalue weighted by atomic mass is 19.1. The van der Waals surface area contributed by atoms with Gasteiger partial charge < -0.3 is 10.2 Å². The zero-order chi connectivity index (χ0) is 15.4. The number of benzene rings is 1. The zero-order valence-corrected chi connectivity index (χ0v) is 12.3. The van der Waals surface area contributed by atoms with Gasteiger partial charge in [0.05, 0.1) is 0 Å². The smallest absolute Gasteiger partial charge is 0.303 e. The monoisotopic (exact) mass is 295 g/mol. The van der Waals surface area contributed by atoms with Gasteiger partial charge in [0.1, 0.15) is 11.6 Å². The molecule has 1 aliphatic rings. The second-order valence-corrected chi connectivity index (χ2v) is 5.81. The summed E-state index contributed by atoms with van der Waals surface area (Å²) in [6, 6.07) is 3.93. The first-order chi connectivity index (χ1) is 9.97. The molecule has 0 bridgehead atoms. The lowest BCUT2D eigenvalue weighted by atomic mass is 9.91. The molecule has 0 spiro atoms. The van der Waals surface area contributed by atoms with E-state index in [-0.39, 0.29) is 24.0 Å². The molecule has 1 aromatic carbocycles. The first kappa shape index (κ1) is 15.8. The number of carboxylic acid groups (broad SMARTS) is 1. The fourth-order valence-corrected chi connectivity index (χ4v) is 3.07. The standard InChI is InChI=1S/C16H22FNO3/c1-11(14-9-13(17)5-6-15(14)19)18-8-2-3-12(10-18)4-7-16(20)21/h5-6,9,11-12,19H,2-4,7-8,10H2,1H3,(H,20,21). The molecule has 1 aromatic rings. The molecule has 116 valence electrons. The molecule has 2 N–H and O–H groups in total. The van der Waals surface area contributed by atoms with Crippen LogP contribution in [0, 0.1) is 11.7 Å². The number of hydrogen-bond acceptors (Lipinski definition) is 3. The lowest BCUT2D eigenvalue weighted by molar-refractivity contribution is -0.137. The molecule has 0 saturated carbocycles. The molecule has 1 fully saturated rings. The van der Waals surface area contributed by atoms with E-state index >= 15 is 0 Å². The quantitative estimate of drug-likeness (QED) is 0.876. The summed E-state index contributed by atoms with van der Waals surface area (Å²) < 4.78 is 13.4. The van der Waals surface area contributed by atoms with Crippen molar-refractivity contribution in [2.45, 2.75) is 38.6 Å². The molecule has 0 radical (unpaired) electrons. The fraction of sp³-hybridized carbons (Fsp3) is 0.562. The van der Waals surface area contributed by atoms with Gasteiger partial charge in [0.2, 0.25) is 0 Å². The van der Waals surface area contributed by atoms with Crippen LogP contribution in [0.1, 0.15) is 44.2 Å². The van der Waals surface area contributed by atoms with Gasteiger partial charge >= 0.3 is 5.97 Å². The fourth-order valence-electron chi connectivity index (χ4n) is 3.07. The van der Waals surface area contributed by atoms with Crippen LogP contribution in [0.25, 0.3) is 0 Å². The van der Waals surface area contributed by atoms with E-state index in [1.165, 1.54) is 18.2 Å². The Morgan fingerprint density at radius 2 is 2.29 bits per heavy atom. The third-order valence-electron chi connectivity index (χ3n) is 4.30. The molecule has 21 heavy (non-hydrogen) atoms. The number of phenolic OH excluding ortho intramolecular Hbond substituents is 1. The average molecular weight is 295 g/mol. The summed E-state index contributed by atoms with van der Waals surface area (Å²) in [5.74, 6) is -0.651. The highest BCUT2D eigenvalue weighted by molar-refractivity contribution is 5.66. The molecular formula is C16H22FNO3. The second-order valence-electron chi connectivity index (χ2n) is 5.81. The van der Waals surface area contributed by atoms with Crippen molar-refractivity contribution in [1.82, 2.24) is 4.90 Å². The summed E-state index contributed by atoms with van der Waals surface area (Å²) in [5.41, 5.74) is 0.592. The second kappa shape index (κ2) is 6.89. The Kier molecular flexibility index (Phi) is 5.17. The minimum absolute atomic E-state index is 0.0756. The van der Waals surface area contributed by atoms with E-state index in [2.05, 4.69) is 4.90 Å². The topological polar surface area (TPSA) is 60.8 Å². The maximum Gasteiger partial charge on any atom is 0.303 e. The lowest BCUT2D eigenvalue weighted by Crippen LogP contribution is -2.37. The summed E-state index contributed by atoms with van der Waals surface area (Å²) in [4.78, 5) is 12.9. The number of aliphatic carboxylic acids is 1. The summed E-state index contributed by atoms with van der Waals surface area (Å²) in [5, 5.41) is 18.7. The van der Waals surface area contributed by atoms with Gasteiger partial charge in [-0.25, -0.2) is 4.39 Å². The van der Waals surface area contributed by atoms with E-state index in [4.69, 9.17) is 5.11 Å². The van der Waals surface area contributed by atoms with Crippen LogP contribution in [0.5, 0.6) is 5.75 Å². The van der Waals surface area contributed by atoms with Crippen LogP contribution in [0.4, 0.5) is 4.39 Å². The van der Waals surface area contributed by atoms with Crippen LogP contribution < -0.4 is 0 Å². The number of hydrogen-bond donors (Lipinski definition) is 2. The predicted octanol–water partition coefficient (Wildman–Crippen LogP) is 3.17. The molecule has 2 atom stereocenters. The highest BCUT2D eigenvalue weighted by Gasteiger charge is 2.26. The van der Waals surface area contributed by atoms with Crippen molar-refractivity contribution in [2.75, 3.05) is 13.1 Å². The van der Waals surface area contributed by atoms with E-state index in [1.807, 2.05) is 6.92 Å². The molecule has 1 saturated heterocycles. The van der Waals surface area contributed by atoms with Crippen LogP contribution in [0.3, 0.4) is 0 Å². The van der Waals surface area contributed by atoms with Gasteiger partial charge in [0.15, 0.2) is 0 Å². The van der Waals surface area contributed by atoms with Crippen molar-refractivity contribution in [2.24, 2.45) is 5.92 Å². The van der Waals surface area contributed by atoms with Crippen molar-refractivity contribution in [3.05, 3.63) is 29.6 Å². The largest absolute Gasteiger partial charge is 0.508 e. The van der Waals surface area contributed by atoms with Gasteiger partial charge in [-0.15, -0.1) is 0 Å². The molecule has 1 heterocycles. The molecule has 4 nitrogen and oxygen atoms in total. The Balaban J connectivity index is 2.03. The molecule has 1 aliphatic heterocycles. The number of phenols is 1. The number of piperidine rings is 1. The molecule has 2 rings (SSSR count). The van der Waals surface area contributed by atoms with Gasteiger partial charge in [-0.3, -0.25) is 9.69 Å². The normalized spacial score (nSPS) is 21.1. The van der Waals surface area contributed by atoms with Crippen LogP contribution in [0.2, 0.25) is 0 Å². The first-order valence-electron chi connectivity index (χ1n) is 7.41. The molecule has 5 heteroatoms. The number of carbonyl (C=O) groups is 1. The number of carboxylic acids is 1. The molecular weight excluding hydrogens is 273 g/mol. The molecule has 0 amide bonds. The third-order valence-corrected chi connectivity index (χ3v) is 4.30. The Labute approximate surface area is 124 Å². The van der Waals surface area contributed by atoms with Gasteiger partial charge in [-0.2, -0.15) is 0 Å². The number of rotatable bonds is 5. The van der Waals surface area contributed by atoms with Gasteiger partial charge in [-0.05, 0) is 56.8 Å². The van der Waals surface area contributed by atoms with Crippen molar-refractivity contribution < 1.29 is 19.4 Å². The highest BCUT2D eigenvalue weighted by Crippen LogP contribution is 2.33. The van der Waals surface area contributed by atoms with E-state index in [0.717, 1.165) is 25.9 Å². The Morgan fingerprint density at radius 1 is 1.52 bits per heavy atom. The Morgan fingerprint density at radius 3 is 3.00 bits per heavy atom. The predicted molar refractivity (Wildman–Crippen MR) is 77.6 cm³/mol. The summed E-state index contributed by atoms with van der Waals surface area (Å²) >= 11 is 0. The van der Waals surface area contributed by atoms with E-state index < -0.39 is 5.97 Å². The average Bonchev–Trinajstić information content (AvgIpc) is 2.47. The molecule has 0 aromatic heterocycles. The maximum absolute atomic E-state index is 13.4. The number of halogens is 1. The summed E-state index contributed by atoms with van der Waals surface area (Å²) in [7, 11) is 0. The molecule has 0 aliphatic carbocycles. The van der Waals surface area contributed by atoms with Gasteiger partial charge in [-0.1, -0.05) is 0 Å². The van der Waals surface area contributed by atoms with E-state index in [1.54, 1.807) is 0 Å². The van der Waals surface area contributed by atoms with Crippen LogP contribution in [0.15, 0.2) is 18.2 Å². The Hall–Kier alpha value is -1.62. The van der Waals surface area contributed by atoms with Crippen LogP contribution in [-0.2, 0) is 4.79 Å². The van der Waals surface area contributed by atoms with Crippen molar-refractivity contribution >= 4 is 5.97 Å². The van der Waals surface area contributed by atoms with Crippen LogP contribution in [-0.4, -0.2) is 34.2 Å². The van der Waals surface area contributed by atoms with E-state index in [0.29, 0.717) is 17.9 Å². The van der Waals surface area contributed by atoms with E-state index in [9.17, 15) is 14.3 Å². The molecule has 2 unspecified atom stereocenters. The van der Waals surface area contributed by atoms with Gasteiger partial charge in [0.25, 0.3) is 0 Å². The maximum atomic E-state index is 13.4. The zero-order valence-electron chi connectivity index (χ0n) is 12.3. The summed E-state index contributed by atoms with van der Waals surface area (Å²) in [6.45, 7) is 3.64. The third kappa shape index (κ3) is 4.17. The SMILES string of the molecule is CC(c1cc(F)ccc1O)N1CCCC(CCC(=O)O)C1. The first-order valence-corrected chi connectivity index (χ1v) is 7.41. The van der Waals surface area contributed by atoms with Crippen LogP contribution >= 0.6 is 0 Å². The van der Waals surface area contributed by atoms with Crippen molar-refractivity contribution in [3.8, 4) is 5.75 Å². The van der Waals surface area contributed by atoms with Gasteiger partial charge in [0, 0.05) is 24.6 Å². The van der Waals surface area contributed by atoms with Crippen molar-refractivity contribution in [3.63, 3.8) is 0 Å². The summed E-state index contributed by atoms with van der Waals surface area (Å²) in [6.07, 6.45) is 2.90.